The van der Waals surface area contributed by atoms with Crippen molar-refractivity contribution < 1.29 is 9.13 Å². The largest absolute Gasteiger partial charge is 0.432 e. The van der Waals surface area contributed by atoms with Crippen molar-refractivity contribution in [3.8, 4) is 11.6 Å². The van der Waals surface area contributed by atoms with Crippen molar-refractivity contribution in [3.05, 3.63) is 36.1 Å². The first-order valence-corrected chi connectivity index (χ1v) is 5.01. The number of benzene rings is 1. The van der Waals surface area contributed by atoms with Crippen molar-refractivity contribution in [3.63, 3.8) is 0 Å². The molecule has 2 aromatic heterocycles. The Balaban J connectivity index is 2.00. The van der Waals surface area contributed by atoms with E-state index in [1.54, 1.807) is 6.07 Å². The maximum absolute atomic E-state index is 13.5. The van der Waals surface area contributed by atoms with Gasteiger partial charge in [-0.15, -0.1) is 14.8 Å². The lowest BCUT2D eigenvalue weighted by molar-refractivity contribution is 0.418. The quantitative estimate of drug-likeness (QED) is 0.679. The molecule has 3 rings (SSSR count). The van der Waals surface area contributed by atoms with E-state index < -0.39 is 5.82 Å². The normalized spacial score (nSPS) is 10.7. The van der Waals surface area contributed by atoms with Gasteiger partial charge in [-0.1, -0.05) is 6.07 Å². The van der Waals surface area contributed by atoms with Gasteiger partial charge in [0.1, 0.15) is 0 Å². The first-order chi connectivity index (χ1) is 8.74. The van der Waals surface area contributed by atoms with Gasteiger partial charge >= 0.3 is 0 Å². The Hall–Kier alpha value is -2.77. The summed E-state index contributed by atoms with van der Waals surface area (Å²) in [5, 5.41) is 14.7. The number of nitrogens with zero attached hydrogens (tertiary/aromatic N) is 5. The summed E-state index contributed by atoms with van der Waals surface area (Å²) < 4.78 is 20.0. The maximum Gasteiger partial charge on any atom is 0.239 e. The summed E-state index contributed by atoms with van der Waals surface area (Å²) >= 11 is 0. The third kappa shape index (κ3) is 1.69. The van der Waals surface area contributed by atoms with E-state index in [1.807, 2.05) is 0 Å². The first kappa shape index (κ1) is 10.4. The maximum atomic E-state index is 13.5. The summed E-state index contributed by atoms with van der Waals surface area (Å²) in [6.07, 6.45) is 0. The minimum Gasteiger partial charge on any atom is -0.432 e. The molecular formula is C10H7FN6O. The van der Waals surface area contributed by atoms with Crippen LogP contribution in [-0.4, -0.2) is 25.3 Å². The topological polar surface area (TPSA) is 91.2 Å². The highest BCUT2D eigenvalue weighted by atomic mass is 19.1. The molecule has 0 fully saturated rings. The lowest BCUT2D eigenvalue weighted by Gasteiger charge is -2.07. The van der Waals surface area contributed by atoms with E-state index in [2.05, 4.69) is 20.6 Å². The Kier molecular flexibility index (Phi) is 2.26. The monoisotopic (exact) mass is 246 g/mol. The third-order valence-electron chi connectivity index (χ3n) is 2.25. The van der Waals surface area contributed by atoms with Crippen molar-refractivity contribution in [1.29, 1.82) is 0 Å². The van der Waals surface area contributed by atoms with Gasteiger partial charge in [0.05, 0.1) is 5.69 Å². The number of aromatic nitrogens is 5. The summed E-state index contributed by atoms with van der Waals surface area (Å²) in [5.74, 6) is -0.488. The van der Waals surface area contributed by atoms with Crippen molar-refractivity contribution in [2.45, 2.75) is 0 Å². The molecule has 8 heteroatoms. The highest BCUT2D eigenvalue weighted by Crippen LogP contribution is 2.28. The fraction of sp³-hybridized carbons (Fsp3) is 0. The molecule has 2 N–H and O–H groups in total. The number of ether oxygens (including phenoxy) is 1. The van der Waals surface area contributed by atoms with Crippen LogP contribution in [0.2, 0.25) is 0 Å². The van der Waals surface area contributed by atoms with Gasteiger partial charge in [0, 0.05) is 6.07 Å². The van der Waals surface area contributed by atoms with Crippen molar-refractivity contribution >= 4 is 11.3 Å². The molecule has 18 heavy (non-hydrogen) atoms. The number of nitrogens with two attached hydrogens (primary N) is 1. The first-order valence-electron chi connectivity index (χ1n) is 5.01. The Morgan fingerprint density at radius 1 is 1.22 bits per heavy atom. The predicted octanol–water partition coefficient (Wildman–Crippen LogP) is 1.03. The van der Waals surface area contributed by atoms with Gasteiger partial charge in [0.2, 0.25) is 5.88 Å². The number of rotatable bonds is 2. The summed E-state index contributed by atoms with van der Waals surface area (Å²) in [7, 11) is 0. The lowest BCUT2D eigenvalue weighted by Crippen LogP contribution is -2.00. The molecule has 90 valence electrons. The van der Waals surface area contributed by atoms with Gasteiger partial charge in [-0.05, 0) is 28.6 Å². The number of hydrogen-bond donors (Lipinski definition) is 1. The van der Waals surface area contributed by atoms with Crippen LogP contribution in [0.15, 0.2) is 30.3 Å². The Bertz CT molecular complexity index is 692. The average Bonchev–Trinajstić information content (AvgIpc) is 2.81. The molecule has 0 aliphatic rings. The molecule has 0 radical (unpaired) electrons. The molecule has 0 atom stereocenters. The third-order valence-corrected chi connectivity index (χ3v) is 2.25. The summed E-state index contributed by atoms with van der Waals surface area (Å²) in [6.45, 7) is 0. The van der Waals surface area contributed by atoms with Gasteiger partial charge in [-0.2, -0.15) is 0 Å². The summed E-state index contributed by atoms with van der Waals surface area (Å²) in [5.41, 5.74) is 6.27. The van der Waals surface area contributed by atoms with Crippen LogP contribution in [0.4, 0.5) is 10.1 Å². The number of halogens is 1. The van der Waals surface area contributed by atoms with E-state index in [0.717, 1.165) is 0 Å². The van der Waals surface area contributed by atoms with Gasteiger partial charge in [-0.3, -0.25) is 0 Å². The fourth-order valence-electron chi connectivity index (χ4n) is 1.43. The molecule has 1 aromatic carbocycles. The average molecular weight is 246 g/mol. The van der Waals surface area contributed by atoms with Crippen LogP contribution in [-0.2, 0) is 0 Å². The molecule has 0 aliphatic carbocycles. The predicted molar refractivity (Wildman–Crippen MR) is 59.5 cm³/mol. The summed E-state index contributed by atoms with van der Waals surface area (Å²) in [4.78, 5) is 0. The Labute approximate surface area is 100.0 Å². The van der Waals surface area contributed by atoms with Crippen LogP contribution in [0, 0.1) is 5.82 Å². The number of nitrogen functional groups attached to an aromatic ring is 1. The van der Waals surface area contributed by atoms with E-state index in [0.29, 0.717) is 5.65 Å². The number of tetrazole rings is 1. The number of fused-ring (bicyclic) bond motifs is 1. The molecule has 3 aromatic rings. The fourth-order valence-corrected chi connectivity index (χ4v) is 1.43. The van der Waals surface area contributed by atoms with E-state index in [9.17, 15) is 4.39 Å². The number of anilines is 1. The molecule has 7 nitrogen and oxygen atoms in total. The van der Waals surface area contributed by atoms with Crippen LogP contribution >= 0.6 is 0 Å². The van der Waals surface area contributed by atoms with Gasteiger partial charge in [0.25, 0.3) is 0 Å². The van der Waals surface area contributed by atoms with Crippen LogP contribution in [0.5, 0.6) is 11.6 Å². The molecule has 0 amide bonds. The zero-order valence-electron chi connectivity index (χ0n) is 8.99. The van der Waals surface area contributed by atoms with Crippen molar-refractivity contribution in [2.24, 2.45) is 0 Å². The molecule has 0 bridgehead atoms. The molecule has 0 aliphatic heterocycles. The van der Waals surface area contributed by atoms with E-state index in [-0.39, 0.29) is 17.3 Å². The standard InChI is InChI=1S/C10H7FN6O/c11-6-2-1-3-7(12)10(6)18-9-5-4-8-13-15-16-17(8)14-9/h1-5H,12H2. The lowest BCUT2D eigenvalue weighted by atomic mass is 10.3. The Morgan fingerprint density at radius 2 is 2.11 bits per heavy atom. The molecule has 0 spiro atoms. The molecule has 0 unspecified atom stereocenters. The summed E-state index contributed by atoms with van der Waals surface area (Å²) in [6, 6.07) is 7.40. The van der Waals surface area contributed by atoms with Gasteiger partial charge < -0.3 is 10.5 Å². The second-order valence-electron chi connectivity index (χ2n) is 3.46. The molecule has 2 heterocycles. The second-order valence-corrected chi connectivity index (χ2v) is 3.46. The van der Waals surface area contributed by atoms with Crippen LogP contribution in [0.25, 0.3) is 5.65 Å². The van der Waals surface area contributed by atoms with Crippen LogP contribution < -0.4 is 10.5 Å². The highest BCUT2D eigenvalue weighted by molar-refractivity contribution is 5.54. The molecule has 0 saturated heterocycles. The van der Waals surface area contributed by atoms with Crippen molar-refractivity contribution in [2.75, 3.05) is 5.73 Å². The van der Waals surface area contributed by atoms with E-state index >= 15 is 0 Å². The minimum atomic E-state index is -0.561. The zero-order chi connectivity index (χ0) is 12.5. The van der Waals surface area contributed by atoms with Gasteiger partial charge in [0.15, 0.2) is 17.2 Å². The van der Waals surface area contributed by atoms with E-state index in [1.165, 1.54) is 28.9 Å². The van der Waals surface area contributed by atoms with Crippen LogP contribution in [0.1, 0.15) is 0 Å². The number of para-hydroxylation sites is 1. The minimum absolute atomic E-state index is 0.0718. The molecular weight excluding hydrogens is 239 g/mol. The second kappa shape index (κ2) is 3.91. The highest BCUT2D eigenvalue weighted by Gasteiger charge is 2.10. The van der Waals surface area contributed by atoms with Crippen LogP contribution in [0.3, 0.4) is 0 Å². The number of hydrogen-bond acceptors (Lipinski definition) is 6. The zero-order valence-corrected chi connectivity index (χ0v) is 8.99. The van der Waals surface area contributed by atoms with Gasteiger partial charge in [-0.25, -0.2) is 4.39 Å². The Morgan fingerprint density at radius 3 is 2.94 bits per heavy atom. The molecule has 0 saturated carbocycles. The smallest absolute Gasteiger partial charge is 0.239 e. The van der Waals surface area contributed by atoms with E-state index in [4.69, 9.17) is 10.5 Å². The SMILES string of the molecule is Nc1cccc(F)c1Oc1ccc2nnnn2n1. The van der Waals surface area contributed by atoms with Crippen molar-refractivity contribution in [1.82, 2.24) is 25.3 Å².